The summed E-state index contributed by atoms with van der Waals surface area (Å²) in [6.45, 7) is 3.72. The van der Waals surface area contributed by atoms with E-state index in [9.17, 15) is 14.4 Å². The highest BCUT2D eigenvalue weighted by Gasteiger charge is 2.22. The van der Waals surface area contributed by atoms with Crippen LogP contribution in [0.1, 0.15) is 13.8 Å². The van der Waals surface area contributed by atoms with E-state index < -0.39 is 24.1 Å². The van der Waals surface area contributed by atoms with Gasteiger partial charge in [-0.3, -0.25) is 0 Å². The molecule has 8 heteroatoms. The summed E-state index contributed by atoms with van der Waals surface area (Å²) in [5.74, 6) is -1.31. The van der Waals surface area contributed by atoms with Crippen LogP contribution in [0.5, 0.6) is 0 Å². The molecule has 0 spiro atoms. The highest BCUT2D eigenvalue weighted by molar-refractivity contribution is 5.82. The lowest BCUT2D eigenvalue weighted by Gasteiger charge is -2.18. The topological polar surface area (TPSA) is 134 Å². The molecular weight excluding hydrogens is 228 g/mol. The molecule has 0 unspecified atom stereocenters. The van der Waals surface area contributed by atoms with Gasteiger partial charge in [0, 0.05) is 13.1 Å². The molecule has 0 radical (unpaired) electrons. The first-order valence-corrected chi connectivity index (χ1v) is 5.15. The van der Waals surface area contributed by atoms with Gasteiger partial charge in [-0.1, -0.05) is 13.8 Å². The van der Waals surface area contributed by atoms with E-state index in [1.54, 1.807) is 13.8 Å². The molecule has 8 nitrogen and oxygen atoms in total. The summed E-state index contributed by atoms with van der Waals surface area (Å²) in [7, 11) is 0. The van der Waals surface area contributed by atoms with Crippen LogP contribution < -0.4 is 21.7 Å². The van der Waals surface area contributed by atoms with Crippen LogP contribution in [0, 0.1) is 5.92 Å². The fourth-order valence-corrected chi connectivity index (χ4v) is 1.07. The molecule has 0 aromatic heterocycles. The summed E-state index contributed by atoms with van der Waals surface area (Å²) in [5, 5.41) is 15.8. The van der Waals surface area contributed by atoms with E-state index in [2.05, 4.69) is 16.0 Å². The van der Waals surface area contributed by atoms with Gasteiger partial charge in [0.2, 0.25) is 0 Å². The molecule has 0 aromatic rings. The number of carbonyl (C=O) groups excluding carboxylic acids is 2. The molecule has 0 aliphatic rings. The van der Waals surface area contributed by atoms with E-state index in [-0.39, 0.29) is 19.0 Å². The van der Waals surface area contributed by atoms with Crippen molar-refractivity contribution in [1.82, 2.24) is 16.0 Å². The van der Waals surface area contributed by atoms with Crippen LogP contribution in [0.3, 0.4) is 0 Å². The van der Waals surface area contributed by atoms with Crippen LogP contribution in [0.2, 0.25) is 0 Å². The zero-order valence-corrected chi connectivity index (χ0v) is 9.82. The Hall–Kier alpha value is -1.99. The number of nitrogens with two attached hydrogens (primary N) is 1. The minimum atomic E-state index is -1.09. The van der Waals surface area contributed by atoms with Crippen molar-refractivity contribution in [2.45, 2.75) is 19.9 Å². The fourth-order valence-electron chi connectivity index (χ4n) is 1.07. The number of hydrogen-bond donors (Lipinski definition) is 5. The van der Waals surface area contributed by atoms with Crippen LogP contribution in [-0.2, 0) is 4.79 Å². The maximum Gasteiger partial charge on any atom is 0.326 e. The Labute approximate surface area is 98.9 Å². The second-order valence-corrected chi connectivity index (χ2v) is 3.75. The molecule has 0 rings (SSSR count). The molecule has 0 aromatic carbocycles. The number of carbonyl (C=O) groups is 3. The van der Waals surface area contributed by atoms with Crippen molar-refractivity contribution in [3.63, 3.8) is 0 Å². The van der Waals surface area contributed by atoms with Crippen LogP contribution in [-0.4, -0.2) is 42.3 Å². The quantitative estimate of drug-likeness (QED) is 0.387. The van der Waals surface area contributed by atoms with E-state index in [1.165, 1.54) is 0 Å². The number of urea groups is 2. The van der Waals surface area contributed by atoms with Crippen molar-refractivity contribution in [1.29, 1.82) is 0 Å². The standard InChI is InChI=1S/C9H18N4O4/c1-5(2)6(7(14)15)13-9(17)12-4-3-11-8(10)16/h5-6H,3-4H2,1-2H3,(H,14,15)(H3,10,11,16)(H2,12,13,17)/t6-/m1/s1. The third kappa shape index (κ3) is 6.98. The van der Waals surface area contributed by atoms with Gasteiger partial charge in [0.05, 0.1) is 0 Å². The Bertz CT molecular complexity index is 293. The lowest BCUT2D eigenvalue weighted by Crippen LogP contribution is -2.49. The smallest absolute Gasteiger partial charge is 0.326 e. The van der Waals surface area contributed by atoms with Crippen molar-refractivity contribution in [2.24, 2.45) is 11.7 Å². The summed E-state index contributed by atoms with van der Waals surface area (Å²) in [6, 6.07) is -2.23. The van der Waals surface area contributed by atoms with Crippen LogP contribution in [0.15, 0.2) is 0 Å². The normalized spacial score (nSPS) is 11.7. The van der Waals surface area contributed by atoms with Crippen LogP contribution in [0.4, 0.5) is 9.59 Å². The third-order valence-electron chi connectivity index (χ3n) is 1.93. The molecule has 17 heavy (non-hydrogen) atoms. The van der Waals surface area contributed by atoms with Crippen LogP contribution in [0.25, 0.3) is 0 Å². The number of primary amides is 1. The Balaban J connectivity index is 3.91. The first-order chi connectivity index (χ1) is 7.84. The van der Waals surface area contributed by atoms with Gasteiger partial charge in [0.25, 0.3) is 0 Å². The molecule has 4 amide bonds. The van der Waals surface area contributed by atoms with E-state index in [1.807, 2.05) is 0 Å². The summed E-state index contributed by atoms with van der Waals surface area (Å²) in [5.41, 5.74) is 4.81. The van der Waals surface area contributed by atoms with Gasteiger partial charge < -0.3 is 26.8 Å². The van der Waals surface area contributed by atoms with Gasteiger partial charge >= 0.3 is 18.0 Å². The Morgan fingerprint density at radius 2 is 1.71 bits per heavy atom. The number of aliphatic carboxylic acids is 1. The predicted octanol–water partition coefficient (Wildman–Crippen LogP) is -0.937. The average Bonchev–Trinajstić information content (AvgIpc) is 2.19. The van der Waals surface area contributed by atoms with Gasteiger partial charge in [-0.05, 0) is 5.92 Å². The molecule has 6 N–H and O–H groups in total. The van der Waals surface area contributed by atoms with Gasteiger partial charge in [0.15, 0.2) is 0 Å². The number of rotatable bonds is 6. The molecule has 0 saturated heterocycles. The predicted molar refractivity (Wildman–Crippen MR) is 60.4 cm³/mol. The van der Waals surface area contributed by atoms with Gasteiger partial charge in [-0.2, -0.15) is 0 Å². The highest BCUT2D eigenvalue weighted by Crippen LogP contribution is 2.00. The van der Waals surface area contributed by atoms with Gasteiger partial charge in [-0.25, -0.2) is 14.4 Å². The van der Waals surface area contributed by atoms with E-state index in [0.717, 1.165) is 0 Å². The zero-order chi connectivity index (χ0) is 13.4. The molecule has 0 aliphatic heterocycles. The largest absolute Gasteiger partial charge is 0.480 e. The lowest BCUT2D eigenvalue weighted by molar-refractivity contribution is -0.140. The van der Waals surface area contributed by atoms with Crippen molar-refractivity contribution in [2.75, 3.05) is 13.1 Å². The summed E-state index contributed by atoms with van der Waals surface area (Å²) < 4.78 is 0. The van der Waals surface area contributed by atoms with Crippen molar-refractivity contribution in [3.8, 4) is 0 Å². The first kappa shape index (κ1) is 15.0. The molecule has 0 saturated carbocycles. The minimum absolute atomic E-state index is 0.166. The number of hydrogen-bond acceptors (Lipinski definition) is 3. The van der Waals surface area contributed by atoms with E-state index in [0.29, 0.717) is 0 Å². The van der Waals surface area contributed by atoms with Crippen molar-refractivity contribution in [3.05, 3.63) is 0 Å². The maximum atomic E-state index is 11.3. The molecular formula is C9H18N4O4. The number of nitrogens with one attached hydrogen (secondary N) is 3. The zero-order valence-electron chi connectivity index (χ0n) is 9.82. The van der Waals surface area contributed by atoms with E-state index in [4.69, 9.17) is 10.8 Å². The third-order valence-corrected chi connectivity index (χ3v) is 1.93. The maximum absolute atomic E-state index is 11.3. The van der Waals surface area contributed by atoms with Crippen molar-refractivity contribution < 1.29 is 19.5 Å². The monoisotopic (exact) mass is 246 g/mol. The second-order valence-electron chi connectivity index (χ2n) is 3.75. The molecule has 98 valence electrons. The Morgan fingerprint density at radius 3 is 2.12 bits per heavy atom. The number of amides is 4. The van der Waals surface area contributed by atoms with E-state index >= 15 is 0 Å². The van der Waals surface area contributed by atoms with Gasteiger partial charge in [-0.15, -0.1) is 0 Å². The molecule has 0 aliphatic carbocycles. The first-order valence-electron chi connectivity index (χ1n) is 5.15. The molecule has 1 atom stereocenters. The second kappa shape index (κ2) is 7.31. The number of carboxylic acid groups (broad SMARTS) is 1. The van der Waals surface area contributed by atoms with Crippen LogP contribution >= 0.6 is 0 Å². The molecule has 0 bridgehead atoms. The summed E-state index contributed by atoms with van der Waals surface area (Å²) in [6.07, 6.45) is 0. The Kier molecular flexibility index (Phi) is 6.46. The Morgan fingerprint density at radius 1 is 1.18 bits per heavy atom. The summed E-state index contributed by atoms with van der Waals surface area (Å²) in [4.78, 5) is 32.4. The summed E-state index contributed by atoms with van der Waals surface area (Å²) >= 11 is 0. The highest BCUT2D eigenvalue weighted by atomic mass is 16.4. The van der Waals surface area contributed by atoms with Gasteiger partial charge in [0.1, 0.15) is 6.04 Å². The molecule has 0 fully saturated rings. The minimum Gasteiger partial charge on any atom is -0.480 e. The molecule has 0 heterocycles. The lowest BCUT2D eigenvalue weighted by atomic mass is 10.1. The van der Waals surface area contributed by atoms with Crippen molar-refractivity contribution >= 4 is 18.0 Å². The average molecular weight is 246 g/mol. The number of carboxylic acids is 1. The SMILES string of the molecule is CC(C)[C@@H](NC(=O)NCCNC(N)=O)C(=O)O. The fraction of sp³-hybridized carbons (Fsp3) is 0.667.